The molecule has 1 N–H and O–H groups in total. The number of nitrogens with one attached hydrogen (secondary N) is 1. The van der Waals surface area contributed by atoms with Crippen LogP contribution in [0.1, 0.15) is 0 Å². The Labute approximate surface area is 156 Å². The van der Waals surface area contributed by atoms with Gasteiger partial charge in [-0.05, 0) is 36.4 Å². The van der Waals surface area contributed by atoms with Crippen molar-refractivity contribution in [3.63, 3.8) is 0 Å². The van der Waals surface area contributed by atoms with Crippen LogP contribution < -0.4 is 4.74 Å². The molecule has 0 spiro atoms. The fourth-order valence-electron chi connectivity index (χ4n) is 2.21. The number of hydrogen-bond donors (Lipinski definition) is 1. The minimum Gasteiger partial charge on any atom is -0.457 e. The summed E-state index contributed by atoms with van der Waals surface area (Å²) in [5.74, 6) is 1.11. The van der Waals surface area contributed by atoms with Crippen molar-refractivity contribution < 1.29 is 13.7 Å². The van der Waals surface area contributed by atoms with E-state index in [1.165, 1.54) is 24.4 Å². The SMILES string of the molecule is Fc1ccc(Oc2ccc(-c3noc(-c4[nH]ncc4Cl)n3)cc2)cc1Cl. The number of halogens is 3. The molecule has 0 saturated carbocycles. The Hall–Kier alpha value is -2.90. The Morgan fingerprint density at radius 3 is 2.46 bits per heavy atom. The predicted octanol–water partition coefficient (Wildman–Crippen LogP) is 5.36. The highest BCUT2D eigenvalue weighted by Gasteiger charge is 2.15. The van der Waals surface area contributed by atoms with Gasteiger partial charge < -0.3 is 9.26 Å². The Balaban J connectivity index is 1.53. The molecule has 4 rings (SSSR count). The molecule has 4 aromatic rings. The molecule has 9 heteroatoms. The third kappa shape index (κ3) is 3.26. The highest BCUT2D eigenvalue weighted by molar-refractivity contribution is 6.32. The summed E-state index contributed by atoms with van der Waals surface area (Å²) in [4.78, 5) is 4.29. The van der Waals surface area contributed by atoms with E-state index in [2.05, 4.69) is 20.3 Å². The molecule has 0 saturated heterocycles. The molecule has 2 aromatic carbocycles. The Kier molecular flexibility index (Phi) is 4.32. The van der Waals surface area contributed by atoms with Gasteiger partial charge in [-0.2, -0.15) is 10.1 Å². The predicted molar refractivity (Wildman–Crippen MR) is 93.8 cm³/mol. The van der Waals surface area contributed by atoms with Gasteiger partial charge in [0.15, 0.2) is 0 Å². The smallest absolute Gasteiger partial charge is 0.277 e. The summed E-state index contributed by atoms with van der Waals surface area (Å²) in [6, 6.07) is 11.1. The molecule has 0 fully saturated rings. The van der Waals surface area contributed by atoms with Crippen LogP contribution in [0.3, 0.4) is 0 Å². The van der Waals surface area contributed by atoms with Gasteiger partial charge in [0.05, 0.1) is 16.2 Å². The van der Waals surface area contributed by atoms with Gasteiger partial charge >= 0.3 is 0 Å². The number of aromatic amines is 1. The fraction of sp³-hybridized carbons (Fsp3) is 0. The van der Waals surface area contributed by atoms with Gasteiger partial charge in [0.25, 0.3) is 5.89 Å². The second kappa shape index (κ2) is 6.78. The summed E-state index contributed by atoms with van der Waals surface area (Å²) < 4.78 is 24.0. The average molecular weight is 391 g/mol. The third-order valence-electron chi connectivity index (χ3n) is 3.47. The van der Waals surface area contributed by atoms with E-state index in [4.69, 9.17) is 32.5 Å². The molecule has 0 bridgehead atoms. The summed E-state index contributed by atoms with van der Waals surface area (Å²) in [5, 5.41) is 10.8. The second-order valence-corrected chi connectivity index (χ2v) is 6.03. The number of H-pyrrole nitrogens is 1. The Morgan fingerprint density at radius 2 is 1.77 bits per heavy atom. The molecule has 130 valence electrons. The molecule has 26 heavy (non-hydrogen) atoms. The molecular weight excluding hydrogens is 382 g/mol. The lowest BCUT2D eigenvalue weighted by molar-refractivity contribution is 0.431. The maximum atomic E-state index is 13.2. The van der Waals surface area contributed by atoms with Gasteiger partial charge in [-0.15, -0.1) is 0 Å². The monoisotopic (exact) mass is 390 g/mol. The van der Waals surface area contributed by atoms with E-state index in [0.29, 0.717) is 28.0 Å². The molecular formula is C17H9Cl2FN4O2. The lowest BCUT2D eigenvalue weighted by Crippen LogP contribution is -1.87. The van der Waals surface area contributed by atoms with E-state index in [1.807, 2.05) is 0 Å². The quantitative estimate of drug-likeness (QED) is 0.507. The van der Waals surface area contributed by atoms with E-state index < -0.39 is 5.82 Å². The van der Waals surface area contributed by atoms with E-state index in [0.717, 1.165) is 5.56 Å². The van der Waals surface area contributed by atoms with Crippen LogP contribution in [0.5, 0.6) is 11.5 Å². The average Bonchev–Trinajstić information content (AvgIpc) is 3.28. The van der Waals surface area contributed by atoms with Crippen LogP contribution in [0, 0.1) is 5.82 Å². The van der Waals surface area contributed by atoms with Gasteiger partial charge in [0.2, 0.25) is 5.82 Å². The van der Waals surface area contributed by atoms with E-state index in [9.17, 15) is 4.39 Å². The van der Waals surface area contributed by atoms with Crippen molar-refractivity contribution >= 4 is 23.2 Å². The zero-order valence-corrected chi connectivity index (χ0v) is 14.4. The summed E-state index contributed by atoms with van der Waals surface area (Å²) in [5.41, 5.74) is 1.18. The van der Waals surface area contributed by atoms with Gasteiger partial charge in [-0.3, -0.25) is 5.10 Å². The molecule has 6 nitrogen and oxygen atoms in total. The highest BCUT2D eigenvalue weighted by Crippen LogP contribution is 2.29. The maximum Gasteiger partial charge on any atom is 0.277 e. The van der Waals surface area contributed by atoms with E-state index in [1.54, 1.807) is 24.3 Å². The second-order valence-electron chi connectivity index (χ2n) is 5.22. The molecule has 2 heterocycles. The molecule has 2 aromatic heterocycles. The van der Waals surface area contributed by atoms with Crippen LogP contribution in [-0.2, 0) is 0 Å². The molecule has 0 unspecified atom stereocenters. The Morgan fingerprint density at radius 1 is 1.00 bits per heavy atom. The normalized spacial score (nSPS) is 10.9. The molecule has 0 amide bonds. The number of aromatic nitrogens is 4. The zero-order valence-electron chi connectivity index (χ0n) is 12.9. The first-order valence-electron chi connectivity index (χ1n) is 7.36. The minimum absolute atomic E-state index is 0.00378. The van der Waals surface area contributed by atoms with Crippen LogP contribution in [0.4, 0.5) is 4.39 Å². The van der Waals surface area contributed by atoms with Gasteiger partial charge in [0.1, 0.15) is 23.0 Å². The first kappa shape index (κ1) is 16.6. The lowest BCUT2D eigenvalue weighted by Gasteiger charge is -2.06. The maximum absolute atomic E-state index is 13.2. The fourth-order valence-corrected chi connectivity index (χ4v) is 2.55. The largest absolute Gasteiger partial charge is 0.457 e. The molecule has 0 aliphatic rings. The summed E-state index contributed by atoms with van der Waals surface area (Å²) in [6.07, 6.45) is 1.45. The Bertz CT molecular complexity index is 1060. The van der Waals surface area contributed by atoms with Crippen molar-refractivity contribution in [3.05, 3.63) is 64.5 Å². The molecule has 0 radical (unpaired) electrons. The van der Waals surface area contributed by atoms with Crippen molar-refractivity contribution in [2.45, 2.75) is 0 Å². The lowest BCUT2D eigenvalue weighted by atomic mass is 10.2. The van der Waals surface area contributed by atoms with Gasteiger partial charge in [-0.1, -0.05) is 28.4 Å². The van der Waals surface area contributed by atoms with Crippen LogP contribution >= 0.6 is 23.2 Å². The number of nitrogens with zero attached hydrogens (tertiary/aromatic N) is 3. The number of ether oxygens (including phenoxy) is 1. The van der Waals surface area contributed by atoms with Crippen LogP contribution in [0.2, 0.25) is 10.0 Å². The third-order valence-corrected chi connectivity index (χ3v) is 4.05. The van der Waals surface area contributed by atoms with Gasteiger partial charge in [-0.25, -0.2) is 4.39 Å². The van der Waals surface area contributed by atoms with Crippen LogP contribution in [0.25, 0.3) is 23.0 Å². The summed E-state index contributed by atoms with van der Waals surface area (Å²) in [6.45, 7) is 0. The van der Waals surface area contributed by atoms with Crippen molar-refractivity contribution in [2.24, 2.45) is 0 Å². The minimum atomic E-state index is -0.500. The first-order chi connectivity index (χ1) is 12.6. The first-order valence-corrected chi connectivity index (χ1v) is 8.12. The van der Waals surface area contributed by atoms with E-state index >= 15 is 0 Å². The molecule has 0 atom stereocenters. The van der Waals surface area contributed by atoms with Crippen molar-refractivity contribution in [1.29, 1.82) is 0 Å². The molecule has 0 aliphatic carbocycles. The van der Waals surface area contributed by atoms with Crippen molar-refractivity contribution in [2.75, 3.05) is 0 Å². The van der Waals surface area contributed by atoms with Crippen LogP contribution in [-0.4, -0.2) is 20.3 Å². The number of hydrogen-bond acceptors (Lipinski definition) is 5. The molecule has 0 aliphatic heterocycles. The van der Waals surface area contributed by atoms with E-state index in [-0.39, 0.29) is 10.9 Å². The van der Waals surface area contributed by atoms with Crippen LogP contribution in [0.15, 0.2) is 53.2 Å². The van der Waals surface area contributed by atoms with Crippen molar-refractivity contribution in [1.82, 2.24) is 20.3 Å². The topological polar surface area (TPSA) is 76.8 Å². The highest BCUT2D eigenvalue weighted by atomic mass is 35.5. The summed E-state index contributed by atoms with van der Waals surface area (Å²) >= 11 is 11.7. The zero-order chi connectivity index (χ0) is 18.1. The summed E-state index contributed by atoms with van der Waals surface area (Å²) in [7, 11) is 0. The standard InChI is InChI=1S/C17H9Cl2FN4O2/c18-12-7-11(5-6-14(12)20)25-10-3-1-9(2-4-10)16-22-17(26-24-16)15-13(19)8-21-23-15/h1-8H,(H,21,23). The van der Waals surface area contributed by atoms with Crippen molar-refractivity contribution in [3.8, 4) is 34.5 Å². The number of benzene rings is 2. The number of rotatable bonds is 4. The van der Waals surface area contributed by atoms with Gasteiger partial charge in [0, 0.05) is 11.6 Å².